The SMILES string of the molecule is COc1ccc(CNCC2CCOC2)cc1OC(F)F. The molecule has 112 valence electrons. The second-order valence-corrected chi connectivity index (χ2v) is 4.72. The van der Waals surface area contributed by atoms with Gasteiger partial charge in [0.15, 0.2) is 11.5 Å². The van der Waals surface area contributed by atoms with Gasteiger partial charge in [-0.25, -0.2) is 0 Å². The Morgan fingerprint density at radius 2 is 2.25 bits per heavy atom. The molecule has 2 rings (SSSR count). The lowest BCUT2D eigenvalue weighted by Gasteiger charge is -2.13. The average Bonchev–Trinajstić information content (AvgIpc) is 2.91. The quantitative estimate of drug-likeness (QED) is 0.836. The predicted molar refractivity (Wildman–Crippen MR) is 70.3 cm³/mol. The molecular formula is C14H19F2NO3. The first-order valence-electron chi connectivity index (χ1n) is 6.59. The molecule has 1 aromatic rings. The monoisotopic (exact) mass is 287 g/mol. The molecule has 20 heavy (non-hydrogen) atoms. The zero-order valence-electron chi connectivity index (χ0n) is 11.4. The molecule has 1 fully saturated rings. The molecule has 0 spiro atoms. The van der Waals surface area contributed by atoms with Crippen LogP contribution in [0.2, 0.25) is 0 Å². The Balaban J connectivity index is 1.90. The van der Waals surface area contributed by atoms with E-state index >= 15 is 0 Å². The summed E-state index contributed by atoms with van der Waals surface area (Å²) in [6, 6.07) is 5.03. The lowest BCUT2D eigenvalue weighted by atomic mass is 10.1. The van der Waals surface area contributed by atoms with Crippen LogP contribution in [0.15, 0.2) is 18.2 Å². The molecule has 1 N–H and O–H groups in total. The maximum atomic E-state index is 12.3. The van der Waals surface area contributed by atoms with E-state index in [2.05, 4.69) is 10.1 Å². The molecule has 1 atom stereocenters. The van der Waals surface area contributed by atoms with E-state index in [1.54, 1.807) is 12.1 Å². The lowest BCUT2D eigenvalue weighted by Crippen LogP contribution is -2.22. The molecule has 1 aromatic carbocycles. The van der Waals surface area contributed by atoms with Crippen molar-refractivity contribution in [3.8, 4) is 11.5 Å². The maximum absolute atomic E-state index is 12.3. The molecule has 4 nitrogen and oxygen atoms in total. The summed E-state index contributed by atoms with van der Waals surface area (Å²) in [6.45, 7) is 0.205. The number of nitrogens with one attached hydrogen (secondary N) is 1. The van der Waals surface area contributed by atoms with Crippen LogP contribution in [0.1, 0.15) is 12.0 Å². The Kier molecular flexibility index (Phi) is 5.55. The van der Waals surface area contributed by atoms with Crippen LogP contribution in [-0.4, -0.2) is 33.5 Å². The van der Waals surface area contributed by atoms with Gasteiger partial charge in [-0.2, -0.15) is 8.78 Å². The van der Waals surface area contributed by atoms with E-state index in [1.807, 2.05) is 6.07 Å². The molecule has 0 saturated carbocycles. The minimum atomic E-state index is -2.86. The maximum Gasteiger partial charge on any atom is 0.387 e. The highest BCUT2D eigenvalue weighted by Crippen LogP contribution is 2.29. The van der Waals surface area contributed by atoms with Gasteiger partial charge in [-0.1, -0.05) is 6.07 Å². The topological polar surface area (TPSA) is 39.7 Å². The van der Waals surface area contributed by atoms with Gasteiger partial charge in [-0.05, 0) is 30.0 Å². The first kappa shape index (κ1) is 15.0. The zero-order valence-corrected chi connectivity index (χ0v) is 11.4. The Labute approximate surface area is 117 Å². The fourth-order valence-corrected chi connectivity index (χ4v) is 2.18. The summed E-state index contributed by atoms with van der Waals surface area (Å²) in [5.74, 6) is 0.897. The molecule has 0 aliphatic carbocycles. The van der Waals surface area contributed by atoms with Crippen molar-refractivity contribution in [2.45, 2.75) is 19.6 Å². The van der Waals surface area contributed by atoms with Crippen LogP contribution in [0.5, 0.6) is 11.5 Å². The van der Waals surface area contributed by atoms with Gasteiger partial charge in [-0.15, -0.1) is 0 Å². The van der Waals surface area contributed by atoms with Crippen LogP contribution in [0.4, 0.5) is 8.78 Å². The third-order valence-corrected chi connectivity index (χ3v) is 3.23. The largest absolute Gasteiger partial charge is 0.493 e. The molecule has 0 aromatic heterocycles. The third kappa shape index (κ3) is 4.31. The van der Waals surface area contributed by atoms with E-state index in [-0.39, 0.29) is 5.75 Å². The van der Waals surface area contributed by atoms with E-state index < -0.39 is 6.61 Å². The van der Waals surface area contributed by atoms with Crippen LogP contribution in [0.25, 0.3) is 0 Å². The Morgan fingerprint density at radius 3 is 2.90 bits per heavy atom. The van der Waals surface area contributed by atoms with Gasteiger partial charge in [0.25, 0.3) is 0 Å². The van der Waals surface area contributed by atoms with Crippen molar-refractivity contribution in [2.24, 2.45) is 5.92 Å². The number of methoxy groups -OCH3 is 1. The molecule has 0 amide bonds. The minimum absolute atomic E-state index is 0.0611. The van der Waals surface area contributed by atoms with Gasteiger partial charge in [0, 0.05) is 19.7 Å². The first-order chi connectivity index (χ1) is 9.69. The van der Waals surface area contributed by atoms with Crippen molar-refractivity contribution in [1.82, 2.24) is 5.32 Å². The van der Waals surface area contributed by atoms with Crippen LogP contribution in [-0.2, 0) is 11.3 Å². The van der Waals surface area contributed by atoms with Crippen molar-refractivity contribution >= 4 is 0 Å². The highest BCUT2D eigenvalue weighted by atomic mass is 19.3. The molecule has 1 unspecified atom stereocenters. The normalized spacial score (nSPS) is 18.5. The smallest absolute Gasteiger partial charge is 0.387 e. The van der Waals surface area contributed by atoms with Gasteiger partial charge in [0.1, 0.15) is 0 Å². The van der Waals surface area contributed by atoms with E-state index in [1.165, 1.54) is 7.11 Å². The van der Waals surface area contributed by atoms with E-state index in [9.17, 15) is 8.78 Å². The second kappa shape index (κ2) is 7.40. The summed E-state index contributed by atoms with van der Waals surface area (Å²) in [4.78, 5) is 0. The van der Waals surface area contributed by atoms with Crippen molar-refractivity contribution in [3.63, 3.8) is 0 Å². The summed E-state index contributed by atoms with van der Waals surface area (Å²) < 4.78 is 39.4. The van der Waals surface area contributed by atoms with E-state index in [4.69, 9.17) is 9.47 Å². The molecule has 1 heterocycles. The van der Waals surface area contributed by atoms with Gasteiger partial charge < -0.3 is 19.5 Å². The number of alkyl halides is 2. The van der Waals surface area contributed by atoms with Crippen LogP contribution in [0.3, 0.4) is 0 Å². The van der Waals surface area contributed by atoms with Crippen LogP contribution < -0.4 is 14.8 Å². The van der Waals surface area contributed by atoms with E-state index in [0.717, 1.165) is 31.7 Å². The van der Waals surface area contributed by atoms with Gasteiger partial charge in [0.2, 0.25) is 0 Å². The Bertz CT molecular complexity index is 423. The summed E-state index contributed by atoms with van der Waals surface area (Å²) in [6.07, 6.45) is 1.06. The highest BCUT2D eigenvalue weighted by molar-refractivity contribution is 5.42. The summed E-state index contributed by atoms with van der Waals surface area (Å²) in [5, 5.41) is 3.30. The number of halogens is 2. The van der Waals surface area contributed by atoms with Gasteiger partial charge in [0.05, 0.1) is 13.7 Å². The Morgan fingerprint density at radius 1 is 1.40 bits per heavy atom. The fourth-order valence-electron chi connectivity index (χ4n) is 2.18. The summed E-state index contributed by atoms with van der Waals surface area (Å²) >= 11 is 0. The van der Waals surface area contributed by atoms with Crippen molar-refractivity contribution in [1.29, 1.82) is 0 Å². The third-order valence-electron chi connectivity index (χ3n) is 3.23. The first-order valence-corrected chi connectivity index (χ1v) is 6.59. The van der Waals surface area contributed by atoms with Crippen LogP contribution in [0, 0.1) is 5.92 Å². The number of ether oxygens (including phenoxy) is 3. The minimum Gasteiger partial charge on any atom is -0.493 e. The van der Waals surface area contributed by atoms with Crippen molar-refractivity contribution in [2.75, 3.05) is 26.9 Å². The Hall–Kier alpha value is -1.40. The zero-order chi connectivity index (χ0) is 14.4. The predicted octanol–water partition coefficient (Wildman–Crippen LogP) is 2.42. The lowest BCUT2D eigenvalue weighted by molar-refractivity contribution is -0.0512. The average molecular weight is 287 g/mol. The molecule has 1 aliphatic heterocycles. The molecule has 1 aliphatic rings. The van der Waals surface area contributed by atoms with Crippen molar-refractivity contribution in [3.05, 3.63) is 23.8 Å². The molecular weight excluding hydrogens is 268 g/mol. The molecule has 1 saturated heterocycles. The second-order valence-electron chi connectivity index (χ2n) is 4.72. The van der Waals surface area contributed by atoms with Gasteiger partial charge >= 0.3 is 6.61 Å². The number of hydrogen-bond acceptors (Lipinski definition) is 4. The summed E-state index contributed by atoms with van der Waals surface area (Å²) in [5.41, 5.74) is 0.875. The highest BCUT2D eigenvalue weighted by Gasteiger charge is 2.15. The molecule has 6 heteroatoms. The number of rotatable bonds is 7. The number of benzene rings is 1. The standard InChI is InChI=1S/C14H19F2NO3/c1-18-12-3-2-10(6-13(12)20-14(15)16)7-17-8-11-4-5-19-9-11/h2-3,6,11,14,17H,4-5,7-9H2,1H3. The van der Waals surface area contributed by atoms with E-state index in [0.29, 0.717) is 18.2 Å². The summed E-state index contributed by atoms with van der Waals surface area (Å²) in [7, 11) is 1.42. The fraction of sp³-hybridized carbons (Fsp3) is 0.571. The van der Waals surface area contributed by atoms with Crippen molar-refractivity contribution < 1.29 is 23.0 Å². The van der Waals surface area contributed by atoms with Gasteiger partial charge in [-0.3, -0.25) is 0 Å². The number of hydrogen-bond donors (Lipinski definition) is 1. The molecule has 0 radical (unpaired) electrons. The molecule has 0 bridgehead atoms. The van der Waals surface area contributed by atoms with Crippen LogP contribution >= 0.6 is 0 Å².